The van der Waals surface area contributed by atoms with E-state index in [1.165, 1.54) is 4.88 Å². The normalized spacial score (nSPS) is 16.9. The van der Waals surface area contributed by atoms with E-state index in [9.17, 15) is 4.79 Å². The van der Waals surface area contributed by atoms with Gasteiger partial charge in [0.05, 0.1) is 24.8 Å². The van der Waals surface area contributed by atoms with Gasteiger partial charge in [-0.3, -0.25) is 4.79 Å². The van der Waals surface area contributed by atoms with Crippen molar-refractivity contribution >= 4 is 22.4 Å². The number of hydrogen-bond acceptors (Lipinski definition) is 6. The van der Waals surface area contributed by atoms with Gasteiger partial charge in [0, 0.05) is 18.0 Å². The van der Waals surface area contributed by atoms with Crippen LogP contribution in [0.2, 0.25) is 0 Å². The number of nitriles is 1. The molecule has 5 nitrogen and oxygen atoms in total. The fourth-order valence-electron chi connectivity index (χ4n) is 2.59. The lowest BCUT2D eigenvalue weighted by Crippen LogP contribution is -2.24. The number of esters is 1. The molecule has 0 amide bonds. The Hall–Kier alpha value is -1.61. The molecular weight excluding hydrogens is 286 g/mol. The molecule has 114 valence electrons. The topological polar surface area (TPSA) is 66.2 Å². The van der Waals surface area contributed by atoms with Crippen molar-refractivity contribution in [3.8, 4) is 6.07 Å². The number of carbonyl (C=O) groups excluding carboxylic acids is 1. The molecule has 0 spiro atoms. The van der Waals surface area contributed by atoms with E-state index in [0.717, 1.165) is 36.6 Å². The van der Waals surface area contributed by atoms with Crippen LogP contribution < -0.4 is 4.90 Å². The molecule has 0 fully saturated rings. The molecular formula is C15H21N3O2S. The van der Waals surface area contributed by atoms with Crippen molar-refractivity contribution in [2.75, 3.05) is 24.6 Å². The third kappa shape index (κ3) is 3.53. The van der Waals surface area contributed by atoms with Crippen LogP contribution in [-0.4, -0.2) is 30.6 Å². The van der Waals surface area contributed by atoms with E-state index in [1.807, 2.05) is 6.92 Å². The van der Waals surface area contributed by atoms with Gasteiger partial charge in [-0.25, -0.2) is 4.98 Å². The van der Waals surface area contributed by atoms with Crippen LogP contribution in [0.1, 0.15) is 49.6 Å². The van der Waals surface area contributed by atoms with Gasteiger partial charge < -0.3 is 9.64 Å². The summed E-state index contributed by atoms with van der Waals surface area (Å²) in [6.07, 6.45) is 3.29. The lowest BCUT2D eigenvalue weighted by molar-refractivity contribution is -0.145. The predicted molar refractivity (Wildman–Crippen MR) is 82.5 cm³/mol. The van der Waals surface area contributed by atoms with Gasteiger partial charge in [0.25, 0.3) is 0 Å². The van der Waals surface area contributed by atoms with Crippen LogP contribution >= 0.6 is 11.3 Å². The van der Waals surface area contributed by atoms with Crippen molar-refractivity contribution in [3.05, 3.63) is 10.6 Å². The first-order valence-corrected chi connectivity index (χ1v) is 8.31. The van der Waals surface area contributed by atoms with Gasteiger partial charge in [0.15, 0.2) is 5.13 Å². The van der Waals surface area contributed by atoms with Gasteiger partial charge in [0.2, 0.25) is 0 Å². The molecule has 1 heterocycles. The zero-order valence-electron chi connectivity index (χ0n) is 12.6. The van der Waals surface area contributed by atoms with Gasteiger partial charge in [-0.2, -0.15) is 5.26 Å². The summed E-state index contributed by atoms with van der Waals surface area (Å²) >= 11 is 1.66. The molecule has 0 saturated heterocycles. The van der Waals surface area contributed by atoms with Crippen LogP contribution in [0.15, 0.2) is 0 Å². The average molecular weight is 307 g/mol. The van der Waals surface area contributed by atoms with Crippen molar-refractivity contribution < 1.29 is 9.53 Å². The number of ether oxygens (including phenoxy) is 1. The predicted octanol–water partition coefficient (Wildman–Crippen LogP) is 2.87. The Labute approximate surface area is 129 Å². The van der Waals surface area contributed by atoms with Crippen LogP contribution in [0.4, 0.5) is 5.13 Å². The number of aromatic nitrogens is 1. The summed E-state index contributed by atoms with van der Waals surface area (Å²) in [5, 5.41) is 9.66. The van der Waals surface area contributed by atoms with Crippen molar-refractivity contribution in [1.82, 2.24) is 4.98 Å². The van der Waals surface area contributed by atoms with Crippen molar-refractivity contribution in [2.45, 2.75) is 45.4 Å². The van der Waals surface area contributed by atoms with Crippen molar-refractivity contribution in [1.29, 1.82) is 5.26 Å². The molecule has 1 aromatic rings. The third-order valence-corrected chi connectivity index (χ3v) is 4.85. The maximum atomic E-state index is 12.1. The molecule has 0 aliphatic heterocycles. The van der Waals surface area contributed by atoms with Gasteiger partial charge >= 0.3 is 5.97 Å². The molecule has 0 bridgehead atoms. The lowest BCUT2D eigenvalue weighted by Gasteiger charge is -2.19. The number of anilines is 1. The molecule has 6 heteroatoms. The minimum absolute atomic E-state index is 0.157. The van der Waals surface area contributed by atoms with E-state index < -0.39 is 0 Å². The highest BCUT2D eigenvalue weighted by atomic mass is 32.1. The number of nitrogens with zero attached hydrogens (tertiary/aromatic N) is 3. The van der Waals surface area contributed by atoms with Gasteiger partial charge in [-0.05, 0) is 33.1 Å². The van der Waals surface area contributed by atoms with Crippen LogP contribution in [-0.2, 0) is 16.0 Å². The molecule has 0 N–H and O–H groups in total. The minimum atomic E-state index is -0.214. The zero-order valence-corrected chi connectivity index (χ0v) is 13.4. The number of thiazole rings is 1. The lowest BCUT2D eigenvalue weighted by atomic mass is 9.91. The monoisotopic (exact) mass is 307 g/mol. The maximum absolute atomic E-state index is 12.1. The summed E-state index contributed by atoms with van der Waals surface area (Å²) in [4.78, 5) is 20.1. The SMILES string of the molecule is CCOC(=O)C1CCCc2sc(N(CC)CCC#N)nc21. The summed E-state index contributed by atoms with van der Waals surface area (Å²) in [6.45, 7) is 5.79. The molecule has 21 heavy (non-hydrogen) atoms. The van der Waals surface area contributed by atoms with E-state index in [4.69, 9.17) is 15.0 Å². The highest BCUT2D eigenvalue weighted by molar-refractivity contribution is 7.15. The summed E-state index contributed by atoms with van der Waals surface area (Å²) in [6, 6.07) is 2.17. The van der Waals surface area contributed by atoms with Crippen LogP contribution in [0.5, 0.6) is 0 Å². The maximum Gasteiger partial charge on any atom is 0.315 e. The highest BCUT2D eigenvalue weighted by Crippen LogP contribution is 2.38. The van der Waals surface area contributed by atoms with E-state index in [2.05, 4.69) is 17.9 Å². The molecule has 1 aliphatic rings. The molecule has 1 unspecified atom stereocenters. The van der Waals surface area contributed by atoms with Gasteiger partial charge in [0.1, 0.15) is 5.92 Å². The molecule has 0 radical (unpaired) electrons. The zero-order chi connectivity index (χ0) is 15.2. The summed E-state index contributed by atoms with van der Waals surface area (Å²) in [7, 11) is 0. The number of carbonyl (C=O) groups is 1. The number of fused-ring (bicyclic) bond motifs is 1. The summed E-state index contributed by atoms with van der Waals surface area (Å²) < 4.78 is 5.17. The second-order valence-corrected chi connectivity index (χ2v) is 6.05. The van der Waals surface area contributed by atoms with E-state index in [1.54, 1.807) is 11.3 Å². The first-order chi connectivity index (χ1) is 10.2. The van der Waals surface area contributed by atoms with Crippen LogP contribution in [0.25, 0.3) is 0 Å². The fraction of sp³-hybridized carbons (Fsp3) is 0.667. The number of aryl methyl sites for hydroxylation is 1. The Morgan fingerprint density at radius 1 is 1.57 bits per heavy atom. The van der Waals surface area contributed by atoms with Crippen molar-refractivity contribution in [2.24, 2.45) is 0 Å². The summed E-state index contributed by atoms with van der Waals surface area (Å²) in [5.74, 6) is -0.372. The van der Waals surface area contributed by atoms with Crippen LogP contribution in [0, 0.1) is 11.3 Å². The van der Waals surface area contributed by atoms with E-state index in [-0.39, 0.29) is 11.9 Å². The largest absolute Gasteiger partial charge is 0.465 e. The Morgan fingerprint density at radius 3 is 3.05 bits per heavy atom. The smallest absolute Gasteiger partial charge is 0.315 e. The number of hydrogen-bond donors (Lipinski definition) is 0. The fourth-order valence-corrected chi connectivity index (χ4v) is 3.84. The first kappa shape index (κ1) is 15.8. The Balaban J connectivity index is 2.22. The molecule has 0 aromatic carbocycles. The van der Waals surface area contributed by atoms with E-state index in [0.29, 0.717) is 19.6 Å². The third-order valence-electron chi connectivity index (χ3n) is 3.66. The van der Waals surface area contributed by atoms with E-state index >= 15 is 0 Å². The molecule has 1 aliphatic carbocycles. The Kier molecular flexibility index (Phi) is 5.57. The van der Waals surface area contributed by atoms with Crippen molar-refractivity contribution in [3.63, 3.8) is 0 Å². The average Bonchev–Trinajstić information content (AvgIpc) is 2.91. The Morgan fingerprint density at radius 2 is 2.38 bits per heavy atom. The summed E-state index contributed by atoms with van der Waals surface area (Å²) in [5.41, 5.74) is 0.898. The minimum Gasteiger partial charge on any atom is -0.465 e. The highest BCUT2D eigenvalue weighted by Gasteiger charge is 2.31. The Bertz CT molecular complexity index is 536. The molecule has 0 saturated carbocycles. The second kappa shape index (κ2) is 7.41. The first-order valence-electron chi connectivity index (χ1n) is 7.49. The standard InChI is InChI=1S/C15H21N3O2S/c1-3-18(10-6-9-16)15-17-13-11(14(19)20-4-2)7-5-8-12(13)21-15/h11H,3-8,10H2,1-2H3. The van der Waals surface area contributed by atoms with Crippen LogP contribution in [0.3, 0.4) is 0 Å². The number of rotatable bonds is 6. The molecule has 2 rings (SSSR count). The second-order valence-electron chi connectivity index (χ2n) is 4.99. The van der Waals surface area contributed by atoms with Gasteiger partial charge in [-0.1, -0.05) is 0 Å². The molecule has 1 atom stereocenters. The molecule has 1 aromatic heterocycles. The quantitative estimate of drug-likeness (QED) is 0.756. The van der Waals surface area contributed by atoms with Gasteiger partial charge in [-0.15, -0.1) is 11.3 Å².